The molecule has 1 amide bonds. The normalized spacial score (nSPS) is 10.2. The van der Waals surface area contributed by atoms with Gasteiger partial charge in [-0.05, 0) is 36.8 Å². The number of carbonyl (C=O) groups excluding carboxylic acids is 1. The lowest BCUT2D eigenvalue weighted by molar-refractivity contribution is 0.0828. The van der Waals surface area contributed by atoms with E-state index in [1.807, 2.05) is 25.3 Å². The van der Waals surface area contributed by atoms with E-state index >= 15 is 0 Å². The Labute approximate surface area is 124 Å². The third-order valence-corrected chi connectivity index (χ3v) is 3.14. The summed E-state index contributed by atoms with van der Waals surface area (Å²) in [5.41, 5.74) is 9.80. The summed E-state index contributed by atoms with van der Waals surface area (Å²) in [5, 5.41) is 3.26. The number of anilines is 2. The zero-order valence-corrected chi connectivity index (χ0v) is 12.6. The van der Waals surface area contributed by atoms with Gasteiger partial charge in [-0.1, -0.05) is 6.07 Å². The molecule has 110 valence electrons. The van der Waals surface area contributed by atoms with Gasteiger partial charge < -0.3 is 16.0 Å². The molecule has 0 fully saturated rings. The maximum absolute atomic E-state index is 12.2. The summed E-state index contributed by atoms with van der Waals surface area (Å²) in [4.78, 5) is 18.0. The van der Waals surface area contributed by atoms with E-state index in [9.17, 15) is 4.79 Å². The minimum absolute atomic E-state index is 0.0560. The molecule has 0 saturated carbocycles. The molecule has 0 radical (unpaired) electrons. The van der Waals surface area contributed by atoms with Crippen LogP contribution in [0.3, 0.4) is 0 Å². The Hall–Kier alpha value is -2.56. The molecule has 0 bridgehead atoms. The van der Waals surface area contributed by atoms with Crippen molar-refractivity contribution in [3.8, 4) is 0 Å². The Morgan fingerprint density at radius 1 is 1.29 bits per heavy atom. The zero-order valence-electron chi connectivity index (χ0n) is 12.6. The van der Waals surface area contributed by atoms with Crippen LogP contribution in [0.15, 0.2) is 36.5 Å². The number of carbonyl (C=O) groups is 1. The number of nitrogens with two attached hydrogens (primary N) is 1. The standard InChI is InChI=1S/C16H20N4O/c1-11-4-5-12(9-18-11)10-19-15-8-13(17)6-7-14(15)16(21)20(2)3/h4-9,19H,10,17H2,1-3H3. The fourth-order valence-corrected chi connectivity index (χ4v) is 1.94. The molecule has 0 unspecified atom stereocenters. The third-order valence-electron chi connectivity index (χ3n) is 3.14. The fraction of sp³-hybridized carbons (Fsp3) is 0.250. The van der Waals surface area contributed by atoms with Gasteiger partial charge in [0.25, 0.3) is 5.91 Å². The highest BCUT2D eigenvalue weighted by molar-refractivity contribution is 5.99. The fourth-order valence-electron chi connectivity index (χ4n) is 1.94. The van der Waals surface area contributed by atoms with Crippen molar-refractivity contribution in [3.05, 3.63) is 53.3 Å². The van der Waals surface area contributed by atoms with E-state index in [4.69, 9.17) is 5.73 Å². The number of rotatable bonds is 4. The number of hydrogen-bond donors (Lipinski definition) is 2. The predicted molar refractivity (Wildman–Crippen MR) is 85.2 cm³/mol. The number of amides is 1. The van der Waals surface area contributed by atoms with Gasteiger partial charge in [-0.15, -0.1) is 0 Å². The van der Waals surface area contributed by atoms with Gasteiger partial charge in [-0.3, -0.25) is 9.78 Å². The molecule has 0 aliphatic heterocycles. The smallest absolute Gasteiger partial charge is 0.255 e. The van der Waals surface area contributed by atoms with Crippen molar-refractivity contribution >= 4 is 17.3 Å². The summed E-state index contributed by atoms with van der Waals surface area (Å²) in [6.07, 6.45) is 1.82. The van der Waals surface area contributed by atoms with Crippen molar-refractivity contribution in [2.45, 2.75) is 13.5 Å². The quantitative estimate of drug-likeness (QED) is 0.845. The van der Waals surface area contributed by atoms with Gasteiger partial charge in [0.15, 0.2) is 0 Å². The Bertz CT molecular complexity index is 635. The molecule has 0 aliphatic carbocycles. The highest BCUT2D eigenvalue weighted by Gasteiger charge is 2.13. The first-order valence-corrected chi connectivity index (χ1v) is 6.74. The van der Waals surface area contributed by atoms with Crippen LogP contribution in [0.2, 0.25) is 0 Å². The van der Waals surface area contributed by atoms with Gasteiger partial charge in [0.05, 0.1) is 5.56 Å². The molecule has 5 heteroatoms. The van der Waals surface area contributed by atoms with Crippen LogP contribution < -0.4 is 11.1 Å². The van der Waals surface area contributed by atoms with Gasteiger partial charge in [-0.2, -0.15) is 0 Å². The zero-order chi connectivity index (χ0) is 15.4. The molecule has 1 aromatic carbocycles. The largest absolute Gasteiger partial charge is 0.399 e. The van der Waals surface area contributed by atoms with Crippen molar-refractivity contribution in [2.24, 2.45) is 0 Å². The number of nitrogen functional groups attached to an aromatic ring is 1. The molecule has 0 saturated heterocycles. The van der Waals surface area contributed by atoms with E-state index in [1.54, 1.807) is 37.2 Å². The SMILES string of the molecule is Cc1ccc(CNc2cc(N)ccc2C(=O)N(C)C)cn1. The summed E-state index contributed by atoms with van der Waals surface area (Å²) in [7, 11) is 3.46. The van der Waals surface area contributed by atoms with Crippen molar-refractivity contribution < 1.29 is 4.79 Å². The summed E-state index contributed by atoms with van der Waals surface area (Å²) < 4.78 is 0. The average Bonchev–Trinajstić information content (AvgIpc) is 2.46. The minimum Gasteiger partial charge on any atom is -0.399 e. The van der Waals surface area contributed by atoms with E-state index < -0.39 is 0 Å². The van der Waals surface area contributed by atoms with Crippen molar-refractivity contribution in [1.29, 1.82) is 0 Å². The maximum atomic E-state index is 12.2. The van der Waals surface area contributed by atoms with E-state index in [2.05, 4.69) is 10.3 Å². The maximum Gasteiger partial charge on any atom is 0.255 e. The second kappa shape index (κ2) is 6.26. The summed E-state index contributed by atoms with van der Waals surface area (Å²) in [5.74, 6) is -0.0560. The molecule has 0 aliphatic rings. The van der Waals surface area contributed by atoms with Gasteiger partial charge in [0.1, 0.15) is 0 Å². The number of aryl methyl sites for hydroxylation is 1. The highest BCUT2D eigenvalue weighted by Crippen LogP contribution is 2.21. The van der Waals surface area contributed by atoms with E-state index in [0.717, 1.165) is 16.9 Å². The van der Waals surface area contributed by atoms with Gasteiger partial charge in [0.2, 0.25) is 0 Å². The second-order valence-corrected chi connectivity index (χ2v) is 5.17. The van der Waals surface area contributed by atoms with Gasteiger partial charge in [0, 0.05) is 43.9 Å². The van der Waals surface area contributed by atoms with Crippen molar-refractivity contribution in [2.75, 3.05) is 25.1 Å². The monoisotopic (exact) mass is 284 g/mol. The van der Waals surface area contributed by atoms with Crippen molar-refractivity contribution in [1.82, 2.24) is 9.88 Å². The summed E-state index contributed by atoms with van der Waals surface area (Å²) in [6, 6.07) is 9.22. The molecule has 21 heavy (non-hydrogen) atoms. The van der Waals surface area contributed by atoms with E-state index in [1.165, 1.54) is 0 Å². The molecule has 1 heterocycles. The summed E-state index contributed by atoms with van der Waals surface area (Å²) >= 11 is 0. The molecule has 0 atom stereocenters. The lowest BCUT2D eigenvalue weighted by Crippen LogP contribution is -2.23. The van der Waals surface area contributed by atoms with Crippen LogP contribution in [-0.2, 0) is 6.54 Å². The van der Waals surface area contributed by atoms with Crippen molar-refractivity contribution in [3.63, 3.8) is 0 Å². The molecular formula is C16H20N4O. The van der Waals surface area contributed by atoms with Gasteiger partial charge >= 0.3 is 0 Å². The Morgan fingerprint density at radius 2 is 2.05 bits per heavy atom. The number of nitrogens with one attached hydrogen (secondary N) is 1. The lowest BCUT2D eigenvalue weighted by Gasteiger charge is -2.16. The molecular weight excluding hydrogens is 264 g/mol. The Morgan fingerprint density at radius 3 is 2.67 bits per heavy atom. The molecule has 3 N–H and O–H groups in total. The number of nitrogens with zero attached hydrogens (tertiary/aromatic N) is 2. The second-order valence-electron chi connectivity index (χ2n) is 5.17. The Kier molecular flexibility index (Phi) is 4.42. The van der Waals surface area contributed by atoms with Crippen LogP contribution in [0.25, 0.3) is 0 Å². The molecule has 2 aromatic rings. The van der Waals surface area contributed by atoms with Crippen LogP contribution in [0.5, 0.6) is 0 Å². The molecule has 1 aromatic heterocycles. The van der Waals surface area contributed by atoms with Gasteiger partial charge in [-0.25, -0.2) is 0 Å². The first-order chi connectivity index (χ1) is 9.97. The lowest BCUT2D eigenvalue weighted by atomic mass is 10.1. The number of hydrogen-bond acceptors (Lipinski definition) is 4. The highest BCUT2D eigenvalue weighted by atomic mass is 16.2. The minimum atomic E-state index is -0.0560. The summed E-state index contributed by atoms with van der Waals surface area (Å²) in [6.45, 7) is 2.54. The molecule has 5 nitrogen and oxygen atoms in total. The third kappa shape index (κ3) is 3.72. The van der Waals surface area contributed by atoms with E-state index in [0.29, 0.717) is 17.8 Å². The first kappa shape index (κ1) is 14.8. The predicted octanol–water partition coefficient (Wildman–Crippen LogP) is 2.29. The van der Waals surface area contributed by atoms with Crippen LogP contribution in [-0.4, -0.2) is 29.9 Å². The Balaban J connectivity index is 2.20. The van der Waals surface area contributed by atoms with E-state index in [-0.39, 0.29) is 5.91 Å². The topological polar surface area (TPSA) is 71.2 Å². The number of aromatic nitrogens is 1. The first-order valence-electron chi connectivity index (χ1n) is 6.74. The van der Waals surface area contributed by atoms with Crippen LogP contribution in [0.1, 0.15) is 21.6 Å². The molecule has 0 spiro atoms. The number of benzene rings is 1. The van der Waals surface area contributed by atoms with Crippen LogP contribution in [0.4, 0.5) is 11.4 Å². The number of pyridine rings is 1. The van der Waals surface area contributed by atoms with Crippen LogP contribution >= 0.6 is 0 Å². The average molecular weight is 284 g/mol. The molecule has 2 rings (SSSR count). The van der Waals surface area contributed by atoms with Crippen LogP contribution in [0, 0.1) is 6.92 Å².